The minimum absolute atomic E-state index is 1.04. The van der Waals surface area contributed by atoms with Crippen LogP contribution in [0, 0.1) is 5.92 Å². The van der Waals surface area contributed by atoms with Crippen LogP contribution in [0.5, 0.6) is 0 Å². The lowest BCUT2D eigenvalue weighted by Gasteiger charge is -2.29. The van der Waals surface area contributed by atoms with Gasteiger partial charge in [-0.05, 0) is 37.4 Å². The number of rotatable bonds is 1. The van der Waals surface area contributed by atoms with Crippen LogP contribution in [-0.4, -0.2) is 11.0 Å². The maximum Gasteiger partial charge on any atom is 0.00753 e. The van der Waals surface area contributed by atoms with E-state index in [1.165, 1.54) is 76.4 Å². The van der Waals surface area contributed by atoms with Gasteiger partial charge in [-0.3, -0.25) is 0 Å². The van der Waals surface area contributed by atoms with Gasteiger partial charge < -0.3 is 0 Å². The van der Waals surface area contributed by atoms with Gasteiger partial charge in [-0.2, -0.15) is 11.8 Å². The Bertz CT molecular complexity index is 151. The molecule has 1 unspecified atom stereocenters. The van der Waals surface area contributed by atoms with Gasteiger partial charge in [0, 0.05) is 5.25 Å². The molecule has 0 nitrogen and oxygen atoms in total. The van der Waals surface area contributed by atoms with E-state index in [9.17, 15) is 0 Å². The first-order chi connectivity index (χ1) is 7.47. The van der Waals surface area contributed by atoms with Crippen LogP contribution in [0.4, 0.5) is 0 Å². The molecule has 0 N–H and O–H groups in total. The average Bonchev–Trinajstić information content (AvgIpc) is 2.43. The summed E-state index contributed by atoms with van der Waals surface area (Å²) in [6.45, 7) is 0. The predicted octanol–water partition coefficient (Wildman–Crippen LogP) is 5.02. The lowest BCUT2D eigenvalue weighted by molar-refractivity contribution is 0.391. The molecule has 2 fully saturated rings. The van der Waals surface area contributed by atoms with Crippen molar-refractivity contribution in [1.29, 1.82) is 0 Å². The van der Waals surface area contributed by atoms with Crippen LogP contribution in [0.1, 0.15) is 70.6 Å². The monoisotopic (exact) mass is 226 g/mol. The fourth-order valence-electron chi connectivity index (χ4n) is 3.17. The topological polar surface area (TPSA) is 0 Å². The summed E-state index contributed by atoms with van der Waals surface area (Å²) in [7, 11) is 0. The Balaban J connectivity index is 1.80. The average molecular weight is 226 g/mol. The van der Waals surface area contributed by atoms with Gasteiger partial charge in [-0.1, -0.05) is 44.9 Å². The van der Waals surface area contributed by atoms with Crippen molar-refractivity contribution < 1.29 is 0 Å². The van der Waals surface area contributed by atoms with Crippen molar-refractivity contribution in [1.82, 2.24) is 0 Å². The first-order valence-electron chi connectivity index (χ1n) is 7.08. The van der Waals surface area contributed by atoms with Crippen molar-refractivity contribution in [2.75, 3.05) is 5.75 Å². The van der Waals surface area contributed by atoms with Crippen LogP contribution in [0.15, 0.2) is 0 Å². The summed E-state index contributed by atoms with van der Waals surface area (Å²) in [5.74, 6) is 2.52. The fourth-order valence-corrected chi connectivity index (χ4v) is 4.72. The number of hydrogen-bond donors (Lipinski definition) is 0. The molecular weight excluding hydrogens is 200 g/mol. The molecule has 0 radical (unpaired) electrons. The van der Waals surface area contributed by atoms with Crippen LogP contribution in [0.2, 0.25) is 0 Å². The molecule has 0 aromatic heterocycles. The van der Waals surface area contributed by atoms with E-state index >= 15 is 0 Å². The van der Waals surface area contributed by atoms with Crippen molar-refractivity contribution >= 4 is 11.8 Å². The second-order valence-corrected chi connectivity index (χ2v) is 6.71. The van der Waals surface area contributed by atoms with Crippen molar-refractivity contribution in [3.8, 4) is 0 Å². The van der Waals surface area contributed by atoms with E-state index in [0.29, 0.717) is 0 Å². The van der Waals surface area contributed by atoms with Crippen molar-refractivity contribution in [3.05, 3.63) is 0 Å². The molecule has 0 aromatic rings. The molecule has 1 atom stereocenters. The van der Waals surface area contributed by atoms with E-state index in [1.54, 1.807) is 0 Å². The van der Waals surface area contributed by atoms with Gasteiger partial charge in [0.05, 0.1) is 0 Å². The normalized spacial score (nSPS) is 31.6. The van der Waals surface area contributed by atoms with Crippen molar-refractivity contribution in [3.63, 3.8) is 0 Å². The highest BCUT2D eigenvalue weighted by atomic mass is 32.2. The third-order valence-electron chi connectivity index (χ3n) is 4.14. The second kappa shape index (κ2) is 6.83. The first-order valence-corrected chi connectivity index (χ1v) is 8.13. The highest BCUT2D eigenvalue weighted by molar-refractivity contribution is 7.99. The Morgan fingerprint density at radius 2 is 1.20 bits per heavy atom. The van der Waals surface area contributed by atoms with E-state index in [-0.39, 0.29) is 0 Å². The molecule has 0 bridgehead atoms. The van der Waals surface area contributed by atoms with Gasteiger partial charge >= 0.3 is 0 Å². The van der Waals surface area contributed by atoms with E-state index in [1.807, 2.05) is 0 Å². The minimum atomic E-state index is 1.04. The predicted molar refractivity (Wildman–Crippen MR) is 70.5 cm³/mol. The summed E-state index contributed by atoms with van der Waals surface area (Å²) in [5.41, 5.74) is 0. The SMILES string of the molecule is C1CCCCC(C2CCCCS2)CCC1. The maximum atomic E-state index is 2.29. The van der Waals surface area contributed by atoms with Gasteiger partial charge in [0.1, 0.15) is 0 Å². The third-order valence-corrected chi connectivity index (χ3v) is 5.71. The number of thioether (sulfide) groups is 1. The van der Waals surface area contributed by atoms with E-state index in [2.05, 4.69) is 11.8 Å². The van der Waals surface area contributed by atoms with Crippen LogP contribution >= 0.6 is 11.8 Å². The van der Waals surface area contributed by atoms with Gasteiger partial charge in [0.15, 0.2) is 0 Å². The van der Waals surface area contributed by atoms with Crippen LogP contribution in [0.3, 0.4) is 0 Å². The smallest absolute Gasteiger partial charge is 0.00753 e. The summed E-state index contributed by atoms with van der Waals surface area (Å²) in [6.07, 6.45) is 16.6. The summed E-state index contributed by atoms with van der Waals surface area (Å²) < 4.78 is 0. The van der Waals surface area contributed by atoms with E-state index in [0.717, 1.165) is 11.2 Å². The van der Waals surface area contributed by atoms with Crippen LogP contribution in [0.25, 0.3) is 0 Å². The Kier molecular flexibility index (Phi) is 5.38. The number of hydrogen-bond acceptors (Lipinski definition) is 1. The molecule has 88 valence electrons. The van der Waals surface area contributed by atoms with Crippen LogP contribution in [-0.2, 0) is 0 Å². The lowest BCUT2D eigenvalue weighted by atomic mass is 9.90. The van der Waals surface area contributed by atoms with E-state index < -0.39 is 0 Å². The van der Waals surface area contributed by atoms with E-state index in [4.69, 9.17) is 0 Å². The highest BCUT2D eigenvalue weighted by Gasteiger charge is 2.23. The molecular formula is C14H26S. The molecule has 1 saturated heterocycles. The molecule has 15 heavy (non-hydrogen) atoms. The quantitative estimate of drug-likeness (QED) is 0.605. The molecule has 1 aliphatic heterocycles. The first kappa shape index (κ1) is 11.8. The molecule has 2 aliphatic rings. The van der Waals surface area contributed by atoms with Crippen LogP contribution < -0.4 is 0 Å². The summed E-state index contributed by atoms with van der Waals surface area (Å²) >= 11 is 2.29. The largest absolute Gasteiger partial charge is 0.158 e. The molecule has 1 heterocycles. The van der Waals surface area contributed by atoms with Gasteiger partial charge in [0.25, 0.3) is 0 Å². The second-order valence-electron chi connectivity index (χ2n) is 5.36. The zero-order valence-electron chi connectivity index (χ0n) is 10.0. The summed E-state index contributed by atoms with van der Waals surface area (Å²) in [5, 5.41) is 1.04. The van der Waals surface area contributed by atoms with Gasteiger partial charge in [-0.15, -0.1) is 0 Å². The zero-order valence-corrected chi connectivity index (χ0v) is 10.9. The van der Waals surface area contributed by atoms with Crippen molar-refractivity contribution in [2.45, 2.75) is 75.9 Å². The lowest BCUT2D eigenvalue weighted by Crippen LogP contribution is -2.21. The third kappa shape index (κ3) is 4.01. The highest BCUT2D eigenvalue weighted by Crippen LogP contribution is 2.36. The zero-order chi connectivity index (χ0) is 10.3. The summed E-state index contributed by atoms with van der Waals surface area (Å²) in [4.78, 5) is 0. The Labute approximate surface area is 99.6 Å². The molecule has 1 saturated carbocycles. The Hall–Kier alpha value is 0.350. The molecule has 1 aliphatic carbocycles. The molecule has 0 aromatic carbocycles. The maximum absolute atomic E-state index is 2.29. The summed E-state index contributed by atoms with van der Waals surface area (Å²) in [6, 6.07) is 0. The fraction of sp³-hybridized carbons (Fsp3) is 1.00. The minimum Gasteiger partial charge on any atom is -0.158 e. The Morgan fingerprint density at radius 1 is 0.600 bits per heavy atom. The van der Waals surface area contributed by atoms with Gasteiger partial charge in [0.2, 0.25) is 0 Å². The molecule has 2 rings (SSSR count). The Morgan fingerprint density at radius 3 is 1.80 bits per heavy atom. The van der Waals surface area contributed by atoms with Crippen molar-refractivity contribution in [2.24, 2.45) is 5.92 Å². The molecule has 1 heteroatoms. The molecule has 0 spiro atoms. The van der Waals surface area contributed by atoms with Gasteiger partial charge in [-0.25, -0.2) is 0 Å². The molecule has 0 amide bonds. The standard InChI is InChI=1S/C14H26S/c1-2-4-6-10-13(9-5-3-1)14-11-7-8-12-15-14/h13-14H,1-12H2.